The Kier molecular flexibility index (Phi) is 51.4. The summed E-state index contributed by atoms with van der Waals surface area (Å²) in [5.41, 5.74) is 10.2. The highest BCUT2D eigenvalue weighted by atomic mass is 31.2. The highest BCUT2D eigenvalue weighted by Crippen LogP contribution is 2.45. The van der Waals surface area contributed by atoms with Crippen molar-refractivity contribution in [1.29, 1.82) is 0 Å². The van der Waals surface area contributed by atoms with Crippen LogP contribution in [-0.2, 0) is 96.5 Å². The summed E-state index contributed by atoms with van der Waals surface area (Å²) in [7, 11) is -18.1. The molecule has 0 aromatic heterocycles. The third-order valence-corrected chi connectivity index (χ3v) is 27.7. The first-order valence-corrected chi connectivity index (χ1v) is 54.8. The van der Waals surface area contributed by atoms with Crippen LogP contribution in [0, 0.1) is 0 Å². The van der Waals surface area contributed by atoms with E-state index in [0.717, 1.165) is 61.8 Å². The Bertz CT molecular complexity index is 3980. The van der Waals surface area contributed by atoms with Crippen LogP contribution in [0.5, 0.6) is 0 Å². The number of phosphoric acid groups is 4. The number of aliphatic hydroxyl groups is 1. The number of nitrogens with one attached hydrogen (secondary N) is 4. The third kappa shape index (κ3) is 44.6. The minimum atomic E-state index is -4.52. The molecule has 0 amide bonds. The molecule has 129 heavy (non-hydrogen) atoms. The maximum absolute atomic E-state index is 12.5. The zero-order chi connectivity index (χ0) is 93.5. The number of fused-ring (bicyclic) bond motifs is 1. The molecule has 5 aromatic carbocycles. The maximum atomic E-state index is 12.5. The van der Waals surface area contributed by atoms with Gasteiger partial charge in [0.1, 0.15) is 5.60 Å². The van der Waals surface area contributed by atoms with E-state index < -0.39 is 85.5 Å². The van der Waals surface area contributed by atoms with Crippen molar-refractivity contribution in [2.45, 2.75) is 377 Å². The Morgan fingerprint density at radius 1 is 0.333 bits per heavy atom. The topological polar surface area (TPSA) is 407 Å². The molecular formula is C99H157N5O21P4. The molecule has 6 aliphatic heterocycles. The van der Waals surface area contributed by atoms with Crippen molar-refractivity contribution in [2.24, 2.45) is 0 Å². The maximum Gasteiger partial charge on any atom is 0.469 e. The van der Waals surface area contributed by atoms with E-state index in [4.69, 9.17) is 39.1 Å². The molecule has 6 heterocycles. The number of unbranched alkanes of at least 4 members (excludes halogenated alkanes) is 25. The summed E-state index contributed by atoms with van der Waals surface area (Å²) in [6, 6.07) is 39.2. The van der Waals surface area contributed by atoms with E-state index in [-0.39, 0.29) is 62.2 Å². The first kappa shape index (κ1) is 111. The standard InChI is InChI=1S/C21H33NO.2C20H32NO5P.2C19H30NO5P/c1-2-3-4-5-6-7-9-18-11-13-19(14-12-18)21(23)15-17-22-16-8-10-20(21)22;2*1-2-3-4-5-6-7-8-16-9-11-17(12-10-16)13-20(22)19-14-18(15-21-19)26-27(23,24)25;2*1-2-3-4-5-6-7-8-15-9-11-16(12-10-15)19(21)18-13-17(14-20-18)25-26(22,23)24/h11-14,20,23H,2-10,15-17H2,1H3;2*9-12,18-19,21H,2-8,13-15H2,1H3,(H2,23,24,25);2*9-12,17-18,20H,2-8,13-14H2,1H3,(H2,22,23,24)/t20?,21-;2*18-,19+;2*17-,18+/m11010/s1. The number of hydrogen-bond acceptors (Lipinski definition) is 18. The first-order chi connectivity index (χ1) is 61.8. The fourth-order valence-corrected chi connectivity index (χ4v) is 20.3. The summed E-state index contributed by atoms with van der Waals surface area (Å²) < 4.78 is 62.2. The Balaban J connectivity index is 0.000000221. The average Bonchev–Trinajstić information content (AvgIpc) is 1.61. The molecule has 0 aliphatic carbocycles. The molecule has 11 rings (SSSR count). The minimum absolute atomic E-state index is 0.0236. The van der Waals surface area contributed by atoms with Crippen molar-refractivity contribution < 1.29 is 99.8 Å². The fourth-order valence-electron chi connectivity index (χ4n) is 18.1. The number of rotatable bonds is 54. The van der Waals surface area contributed by atoms with Crippen LogP contribution in [0.4, 0.5) is 0 Å². The molecule has 13 N–H and O–H groups in total. The predicted molar refractivity (Wildman–Crippen MR) is 510 cm³/mol. The second-order valence-corrected chi connectivity index (χ2v) is 41.1. The lowest BCUT2D eigenvalue weighted by Gasteiger charge is -2.30. The Morgan fingerprint density at radius 2 is 0.574 bits per heavy atom. The molecule has 26 nitrogen and oxygen atoms in total. The molecule has 0 radical (unpaired) electrons. The van der Waals surface area contributed by atoms with E-state index in [1.165, 1.54) is 240 Å². The zero-order valence-corrected chi connectivity index (χ0v) is 81.3. The van der Waals surface area contributed by atoms with Crippen molar-refractivity contribution >= 4 is 54.4 Å². The van der Waals surface area contributed by atoms with E-state index in [9.17, 15) is 42.5 Å². The lowest BCUT2D eigenvalue weighted by Crippen LogP contribution is -2.38. The predicted octanol–water partition coefficient (Wildman–Crippen LogP) is 19.0. The molecule has 6 aliphatic rings. The summed E-state index contributed by atoms with van der Waals surface area (Å²) in [6.45, 7) is 14.5. The highest BCUT2D eigenvalue weighted by molar-refractivity contribution is 7.47. The van der Waals surface area contributed by atoms with Crippen LogP contribution in [0.1, 0.15) is 337 Å². The molecule has 0 bridgehead atoms. The van der Waals surface area contributed by atoms with Gasteiger partial charge < -0.3 is 65.5 Å². The molecule has 0 saturated carbocycles. The van der Waals surface area contributed by atoms with Crippen molar-refractivity contribution in [2.75, 3.05) is 39.3 Å². The Morgan fingerprint density at radius 3 is 0.853 bits per heavy atom. The molecular weight excluding hydrogens is 1720 g/mol. The lowest BCUT2D eigenvalue weighted by molar-refractivity contribution is -0.121. The summed E-state index contributed by atoms with van der Waals surface area (Å²) >= 11 is 0. The van der Waals surface area contributed by atoms with Crippen LogP contribution in [-0.4, -0.2) is 166 Å². The summed E-state index contributed by atoms with van der Waals surface area (Å²) in [5, 5.41) is 23.1. The average molecular weight is 1880 g/mol. The number of nitrogens with zero attached hydrogens (tertiary/aromatic N) is 1. The van der Waals surface area contributed by atoms with Gasteiger partial charge in [0.05, 0.1) is 48.6 Å². The van der Waals surface area contributed by atoms with Gasteiger partial charge in [0.25, 0.3) is 0 Å². The zero-order valence-electron chi connectivity index (χ0n) is 77.8. The number of aryl methyl sites for hydroxylation is 5. The van der Waals surface area contributed by atoms with Gasteiger partial charge in [0.2, 0.25) is 0 Å². The van der Waals surface area contributed by atoms with Gasteiger partial charge in [0, 0.05) is 62.7 Å². The van der Waals surface area contributed by atoms with Gasteiger partial charge in [-0.05, 0) is 160 Å². The largest absolute Gasteiger partial charge is 0.469 e. The Hall–Kier alpha value is -5.02. The summed E-state index contributed by atoms with van der Waals surface area (Å²) in [4.78, 5) is 123. The van der Waals surface area contributed by atoms with Gasteiger partial charge in [-0.15, -0.1) is 0 Å². The molecule has 1 unspecified atom stereocenters. The second kappa shape index (κ2) is 59.8. The van der Waals surface area contributed by atoms with Crippen molar-refractivity contribution in [3.63, 3.8) is 0 Å². The molecule has 5 aromatic rings. The number of carbonyl (C=O) groups excluding carboxylic acids is 4. The van der Waals surface area contributed by atoms with E-state index in [1.807, 2.05) is 72.8 Å². The van der Waals surface area contributed by atoms with Gasteiger partial charge in [-0.25, -0.2) is 18.3 Å². The van der Waals surface area contributed by atoms with E-state index in [2.05, 4.69) is 127 Å². The molecule has 6 fully saturated rings. The summed E-state index contributed by atoms with van der Waals surface area (Å²) in [6.07, 6.45) is 46.6. The molecule has 6 saturated heterocycles. The van der Waals surface area contributed by atoms with Crippen LogP contribution >= 0.6 is 31.3 Å². The summed E-state index contributed by atoms with van der Waals surface area (Å²) in [5.74, 6) is -0.0770. The third-order valence-electron chi connectivity index (χ3n) is 25.4. The number of hydrogen-bond donors (Lipinski definition) is 13. The molecule has 724 valence electrons. The molecule has 30 heteroatoms. The van der Waals surface area contributed by atoms with Gasteiger partial charge >= 0.3 is 31.3 Å². The second-order valence-electron chi connectivity index (χ2n) is 36.4. The number of Topliss-reactive ketones (excluding diaryl/α,β-unsaturated/α-hetero) is 4. The number of benzene rings is 5. The van der Waals surface area contributed by atoms with Crippen LogP contribution in [0.3, 0.4) is 0 Å². The lowest BCUT2D eigenvalue weighted by atomic mass is 9.85. The first-order valence-electron chi connectivity index (χ1n) is 48.7. The number of carbonyl (C=O) groups is 4. The van der Waals surface area contributed by atoms with E-state index in [0.29, 0.717) is 42.9 Å². The SMILES string of the molecule is CCCCCCCCc1ccc(C(=O)[C@@H]2C[C@@H](OP(=O)(O)O)CN2)cc1.CCCCCCCCc1ccc(C(=O)[C@H]2C[C@H](OP(=O)(O)O)CN2)cc1.CCCCCCCCc1ccc(CC(=O)[C@@H]2C[C@@H](OP(=O)(O)O)CN2)cc1.CCCCCCCCc1ccc(CC(=O)[C@H]2C[C@H](OP(=O)(O)O)CN2)cc1.CCCCCCCCc1ccc([C@]2(O)CCN3CCCC32)cc1. The van der Waals surface area contributed by atoms with Crippen LogP contribution in [0.25, 0.3) is 0 Å². The van der Waals surface area contributed by atoms with Gasteiger partial charge in [-0.2, -0.15) is 0 Å². The van der Waals surface area contributed by atoms with Gasteiger partial charge in [-0.3, -0.25) is 42.2 Å². The van der Waals surface area contributed by atoms with Crippen molar-refractivity contribution in [3.05, 3.63) is 177 Å². The van der Waals surface area contributed by atoms with E-state index >= 15 is 0 Å². The quantitative estimate of drug-likeness (QED) is 0.00977. The van der Waals surface area contributed by atoms with Gasteiger partial charge in [0.15, 0.2) is 23.1 Å². The number of ketones is 4. The monoisotopic (exact) mass is 1880 g/mol. The van der Waals surface area contributed by atoms with Crippen molar-refractivity contribution in [3.8, 4) is 0 Å². The van der Waals surface area contributed by atoms with E-state index in [1.54, 1.807) is 0 Å². The Labute approximate surface area is 769 Å². The van der Waals surface area contributed by atoms with Crippen molar-refractivity contribution in [1.82, 2.24) is 26.2 Å². The van der Waals surface area contributed by atoms with Gasteiger partial charge in [-0.1, -0.05) is 316 Å². The molecule has 0 spiro atoms. The number of phosphoric ester groups is 4. The highest BCUT2D eigenvalue weighted by Gasteiger charge is 2.49. The normalized spacial score (nSPS) is 21.6. The smallest absolute Gasteiger partial charge is 0.383 e. The van der Waals surface area contributed by atoms with Crippen LogP contribution in [0.15, 0.2) is 121 Å². The molecule has 10 atom stereocenters. The van der Waals surface area contributed by atoms with Crippen LogP contribution < -0.4 is 21.3 Å². The fraction of sp³-hybridized carbons (Fsp3) is 0.657. The van der Waals surface area contributed by atoms with Crippen LogP contribution in [0.2, 0.25) is 0 Å². The minimum Gasteiger partial charge on any atom is -0.383 e.